The smallest absolute Gasteiger partial charge is 0.171 e. The standard InChI is InChI=1S/C30H48O4/c1-6-31-18-32-22-10-12-28(4)21(15-22)7-8-23-24(28)11-13-29(5)25(23)16-26-27(29)20(3)30(34-26)14-9-19(2)17-33-30/h7,19-20,22-27H,6,8-18H2,1-5H3/t19?,20-,22?,23+,24-,25-,26-,27-,28-,29-,30+/m0/s1. The van der Waals surface area contributed by atoms with Crippen LogP contribution < -0.4 is 0 Å². The van der Waals surface area contributed by atoms with Gasteiger partial charge in [-0.3, -0.25) is 0 Å². The Balaban J connectivity index is 1.20. The van der Waals surface area contributed by atoms with Gasteiger partial charge in [-0.05, 0) is 98.7 Å². The van der Waals surface area contributed by atoms with Crippen LogP contribution in [0.3, 0.4) is 0 Å². The maximum Gasteiger partial charge on any atom is 0.171 e. The van der Waals surface area contributed by atoms with Gasteiger partial charge in [0.25, 0.3) is 0 Å². The summed E-state index contributed by atoms with van der Waals surface area (Å²) in [4.78, 5) is 0. The summed E-state index contributed by atoms with van der Waals surface area (Å²) < 4.78 is 25.0. The van der Waals surface area contributed by atoms with E-state index in [1.165, 1.54) is 44.9 Å². The highest BCUT2D eigenvalue weighted by atomic mass is 16.7. The lowest BCUT2D eigenvalue weighted by Crippen LogP contribution is -2.52. The first kappa shape index (κ1) is 23.9. The molecule has 0 aromatic rings. The van der Waals surface area contributed by atoms with E-state index >= 15 is 0 Å². The van der Waals surface area contributed by atoms with Crippen LogP contribution in [0.15, 0.2) is 11.6 Å². The largest absolute Gasteiger partial charge is 0.356 e. The van der Waals surface area contributed by atoms with Crippen molar-refractivity contribution in [2.24, 2.45) is 46.3 Å². The molecule has 192 valence electrons. The molecule has 0 aromatic heterocycles. The molecule has 2 saturated heterocycles. The van der Waals surface area contributed by atoms with Crippen molar-refractivity contribution in [1.29, 1.82) is 0 Å². The first-order valence-electron chi connectivity index (χ1n) is 14.5. The molecule has 0 amide bonds. The lowest BCUT2D eigenvalue weighted by atomic mass is 9.47. The van der Waals surface area contributed by atoms with Gasteiger partial charge >= 0.3 is 0 Å². The van der Waals surface area contributed by atoms with Crippen LogP contribution in [0.2, 0.25) is 0 Å². The highest BCUT2D eigenvalue weighted by molar-refractivity contribution is 5.26. The molecule has 1 spiro atoms. The second-order valence-corrected chi connectivity index (χ2v) is 13.4. The molecule has 0 bridgehead atoms. The van der Waals surface area contributed by atoms with E-state index in [1.54, 1.807) is 5.57 Å². The Kier molecular flexibility index (Phi) is 6.03. The summed E-state index contributed by atoms with van der Waals surface area (Å²) >= 11 is 0. The minimum atomic E-state index is -0.293. The van der Waals surface area contributed by atoms with Crippen LogP contribution in [0.25, 0.3) is 0 Å². The quantitative estimate of drug-likeness (QED) is 0.258. The predicted octanol–water partition coefficient (Wildman–Crippen LogP) is 6.73. The number of hydrogen-bond donors (Lipinski definition) is 0. The van der Waals surface area contributed by atoms with Crippen LogP contribution in [0.5, 0.6) is 0 Å². The fraction of sp³-hybridized carbons (Fsp3) is 0.933. The lowest BCUT2D eigenvalue weighted by molar-refractivity contribution is -0.272. The topological polar surface area (TPSA) is 36.9 Å². The Morgan fingerprint density at radius 3 is 2.68 bits per heavy atom. The molecule has 34 heavy (non-hydrogen) atoms. The van der Waals surface area contributed by atoms with Crippen molar-refractivity contribution in [2.45, 2.75) is 110 Å². The summed E-state index contributed by atoms with van der Waals surface area (Å²) in [7, 11) is 0. The van der Waals surface area contributed by atoms with Crippen LogP contribution in [-0.2, 0) is 18.9 Å². The molecular weight excluding hydrogens is 424 g/mol. The minimum absolute atomic E-state index is 0.293. The summed E-state index contributed by atoms with van der Waals surface area (Å²) in [5.41, 5.74) is 2.46. The van der Waals surface area contributed by atoms with Gasteiger partial charge in [-0.2, -0.15) is 0 Å². The van der Waals surface area contributed by atoms with E-state index in [1.807, 2.05) is 6.92 Å². The van der Waals surface area contributed by atoms with Crippen molar-refractivity contribution in [1.82, 2.24) is 0 Å². The van der Waals surface area contributed by atoms with Crippen LogP contribution in [-0.4, -0.2) is 38.0 Å². The SMILES string of the molecule is CCOCOC1CC[C@@]2(C)C(=CC[C@H]3[C@@H]4C[C@@H]5O[C@]6(CCC(C)CO6)[C@@H](C)[C@@H]5[C@@]4(C)CC[C@@H]32)C1. The molecule has 0 aromatic carbocycles. The van der Waals surface area contributed by atoms with E-state index in [4.69, 9.17) is 18.9 Å². The maximum atomic E-state index is 6.94. The summed E-state index contributed by atoms with van der Waals surface area (Å²) in [5, 5.41) is 0. The van der Waals surface area contributed by atoms with Gasteiger partial charge in [-0.1, -0.05) is 39.3 Å². The summed E-state index contributed by atoms with van der Waals surface area (Å²) in [6.07, 6.45) is 14.6. The van der Waals surface area contributed by atoms with Crippen LogP contribution >= 0.6 is 0 Å². The first-order valence-corrected chi connectivity index (χ1v) is 14.5. The summed E-state index contributed by atoms with van der Waals surface area (Å²) in [5.74, 6) is 3.99. The third-order valence-electron chi connectivity index (χ3n) is 11.9. The van der Waals surface area contributed by atoms with Crippen molar-refractivity contribution in [2.75, 3.05) is 20.0 Å². The van der Waals surface area contributed by atoms with Gasteiger partial charge in [0, 0.05) is 18.9 Å². The monoisotopic (exact) mass is 472 g/mol. The van der Waals surface area contributed by atoms with E-state index in [0.717, 1.165) is 43.8 Å². The van der Waals surface area contributed by atoms with Gasteiger partial charge in [0.15, 0.2) is 5.79 Å². The fourth-order valence-corrected chi connectivity index (χ4v) is 10.0. The Labute approximate surface area is 207 Å². The van der Waals surface area contributed by atoms with Crippen molar-refractivity contribution in [3.8, 4) is 0 Å². The number of rotatable bonds is 4. The van der Waals surface area contributed by atoms with Gasteiger partial charge in [-0.15, -0.1) is 0 Å². The van der Waals surface area contributed by atoms with Gasteiger partial charge < -0.3 is 18.9 Å². The maximum absolute atomic E-state index is 6.94. The first-order chi connectivity index (χ1) is 16.3. The van der Waals surface area contributed by atoms with Crippen LogP contribution in [0, 0.1) is 46.3 Å². The molecular formula is C30H48O4. The van der Waals surface area contributed by atoms with Crippen LogP contribution in [0.1, 0.15) is 92.4 Å². The number of fused-ring (bicyclic) bond motifs is 7. The molecule has 2 heterocycles. The van der Waals surface area contributed by atoms with Gasteiger partial charge in [0.2, 0.25) is 0 Å². The molecule has 4 nitrogen and oxygen atoms in total. The Bertz CT molecular complexity index is 800. The predicted molar refractivity (Wildman–Crippen MR) is 133 cm³/mol. The molecule has 11 atom stereocenters. The van der Waals surface area contributed by atoms with Gasteiger partial charge in [0.1, 0.15) is 6.79 Å². The number of hydrogen-bond acceptors (Lipinski definition) is 4. The Hall–Kier alpha value is -0.420. The van der Waals surface area contributed by atoms with E-state index in [-0.39, 0.29) is 5.79 Å². The average molecular weight is 473 g/mol. The molecule has 6 aliphatic rings. The van der Waals surface area contributed by atoms with Crippen molar-refractivity contribution >= 4 is 0 Å². The van der Waals surface area contributed by atoms with Crippen molar-refractivity contribution in [3.05, 3.63) is 11.6 Å². The van der Waals surface area contributed by atoms with Gasteiger partial charge in [-0.25, -0.2) is 0 Å². The van der Waals surface area contributed by atoms with E-state index in [0.29, 0.717) is 47.6 Å². The Morgan fingerprint density at radius 1 is 1.06 bits per heavy atom. The summed E-state index contributed by atoms with van der Waals surface area (Å²) in [6.45, 7) is 14.1. The number of ether oxygens (including phenoxy) is 4. The molecule has 0 radical (unpaired) electrons. The Morgan fingerprint density at radius 2 is 1.91 bits per heavy atom. The molecule has 2 unspecified atom stereocenters. The third kappa shape index (κ3) is 3.45. The van der Waals surface area contributed by atoms with E-state index < -0.39 is 0 Å². The number of allylic oxidation sites excluding steroid dienone is 1. The molecule has 4 heteroatoms. The van der Waals surface area contributed by atoms with E-state index in [9.17, 15) is 0 Å². The second-order valence-electron chi connectivity index (χ2n) is 13.4. The molecule has 3 saturated carbocycles. The fourth-order valence-electron chi connectivity index (χ4n) is 10.0. The van der Waals surface area contributed by atoms with Crippen molar-refractivity contribution in [3.63, 3.8) is 0 Å². The van der Waals surface area contributed by atoms with Gasteiger partial charge in [0.05, 0.1) is 18.8 Å². The zero-order chi connectivity index (χ0) is 23.7. The zero-order valence-electron chi connectivity index (χ0n) is 22.3. The van der Waals surface area contributed by atoms with Crippen LogP contribution in [0.4, 0.5) is 0 Å². The second kappa shape index (κ2) is 8.57. The molecule has 2 aliphatic heterocycles. The zero-order valence-corrected chi connectivity index (χ0v) is 22.3. The highest BCUT2D eigenvalue weighted by Gasteiger charge is 2.68. The molecule has 6 rings (SSSR count). The lowest BCUT2D eigenvalue weighted by Gasteiger charge is -2.58. The van der Waals surface area contributed by atoms with E-state index in [2.05, 4.69) is 33.8 Å². The molecule has 5 fully saturated rings. The minimum Gasteiger partial charge on any atom is -0.356 e. The average Bonchev–Trinajstić information content (AvgIpc) is 3.26. The highest BCUT2D eigenvalue weighted by Crippen LogP contribution is 2.70. The normalized spacial score (nSPS) is 54.2. The molecule has 4 aliphatic carbocycles. The summed E-state index contributed by atoms with van der Waals surface area (Å²) in [6, 6.07) is 0. The molecule has 0 N–H and O–H groups in total. The van der Waals surface area contributed by atoms with Crippen molar-refractivity contribution < 1.29 is 18.9 Å². The third-order valence-corrected chi connectivity index (χ3v) is 11.9.